The monoisotopic (exact) mass is 184 g/mol. The van der Waals surface area contributed by atoms with E-state index in [0.29, 0.717) is 11.7 Å². The Hall–Kier alpha value is -0.970. The lowest BCUT2D eigenvalue weighted by atomic mass is 10.2. The van der Waals surface area contributed by atoms with Gasteiger partial charge >= 0.3 is 0 Å². The van der Waals surface area contributed by atoms with E-state index >= 15 is 0 Å². The molecule has 12 heavy (non-hydrogen) atoms. The second-order valence-electron chi connectivity index (χ2n) is 3.05. The maximum absolute atomic E-state index is 5.35. The van der Waals surface area contributed by atoms with Gasteiger partial charge in [-0.05, 0) is 5.92 Å². The molecule has 1 aromatic heterocycles. The number of nitrogens with two attached hydrogens (primary N) is 1. The molecule has 1 aromatic rings. The van der Waals surface area contributed by atoms with E-state index in [1.54, 1.807) is 11.0 Å². The highest BCUT2D eigenvalue weighted by atomic mass is 32.1. The molecule has 0 radical (unpaired) electrons. The Kier molecular flexibility index (Phi) is 2.75. The molecular weight excluding hydrogens is 172 g/mol. The zero-order valence-corrected chi connectivity index (χ0v) is 8.01. The highest BCUT2D eigenvalue weighted by Gasteiger charge is 2.03. The summed E-state index contributed by atoms with van der Waals surface area (Å²) in [6.07, 6.45) is 1.65. The number of aromatic nitrogens is 3. The van der Waals surface area contributed by atoms with Crippen LogP contribution in [0.2, 0.25) is 0 Å². The van der Waals surface area contributed by atoms with Crippen LogP contribution >= 0.6 is 12.2 Å². The molecule has 0 saturated carbocycles. The van der Waals surface area contributed by atoms with Crippen molar-refractivity contribution in [2.75, 3.05) is 0 Å². The molecule has 2 N–H and O–H groups in total. The van der Waals surface area contributed by atoms with Crippen molar-refractivity contribution in [2.24, 2.45) is 11.7 Å². The molecule has 0 fully saturated rings. The van der Waals surface area contributed by atoms with Crippen LogP contribution in [0.3, 0.4) is 0 Å². The van der Waals surface area contributed by atoms with Crippen LogP contribution in [0.15, 0.2) is 6.33 Å². The van der Waals surface area contributed by atoms with Gasteiger partial charge in [-0.15, -0.1) is 5.10 Å². The fourth-order valence-electron chi connectivity index (χ4n) is 0.870. The molecule has 0 aliphatic heterocycles. The number of nitrogens with zero attached hydrogens (tertiary/aromatic N) is 3. The van der Waals surface area contributed by atoms with Gasteiger partial charge in [-0.25, -0.2) is 4.98 Å². The van der Waals surface area contributed by atoms with Gasteiger partial charge in [-0.3, -0.25) is 4.68 Å². The smallest absolute Gasteiger partial charge is 0.208 e. The molecule has 0 aromatic carbocycles. The summed E-state index contributed by atoms with van der Waals surface area (Å²) in [7, 11) is 0. The van der Waals surface area contributed by atoms with Crippen molar-refractivity contribution in [3.05, 3.63) is 12.2 Å². The molecule has 0 aliphatic carbocycles. The van der Waals surface area contributed by atoms with E-state index in [2.05, 4.69) is 23.9 Å². The van der Waals surface area contributed by atoms with Crippen LogP contribution in [0.4, 0.5) is 0 Å². The van der Waals surface area contributed by atoms with Gasteiger partial charge in [-0.2, -0.15) is 0 Å². The molecular formula is C7H12N4S. The van der Waals surface area contributed by atoms with Crippen molar-refractivity contribution in [3.8, 4) is 0 Å². The van der Waals surface area contributed by atoms with Gasteiger partial charge in [0.25, 0.3) is 0 Å². The topological polar surface area (TPSA) is 56.7 Å². The Morgan fingerprint density at radius 2 is 2.42 bits per heavy atom. The van der Waals surface area contributed by atoms with Crippen LogP contribution in [-0.2, 0) is 6.54 Å². The second kappa shape index (κ2) is 3.62. The minimum atomic E-state index is 0.248. The number of hydrogen-bond donors (Lipinski definition) is 1. The molecule has 0 spiro atoms. The zero-order chi connectivity index (χ0) is 9.14. The van der Waals surface area contributed by atoms with E-state index in [0.717, 1.165) is 6.54 Å². The van der Waals surface area contributed by atoms with Gasteiger partial charge in [0.15, 0.2) is 0 Å². The van der Waals surface area contributed by atoms with Crippen molar-refractivity contribution in [1.82, 2.24) is 14.8 Å². The van der Waals surface area contributed by atoms with Gasteiger partial charge in [0.05, 0.1) is 0 Å². The summed E-state index contributed by atoms with van der Waals surface area (Å²) in [5, 5.41) is 4.09. The average Bonchev–Trinajstić information content (AvgIpc) is 2.34. The Morgan fingerprint density at radius 1 is 1.75 bits per heavy atom. The molecule has 0 unspecified atom stereocenters. The molecule has 5 heteroatoms. The first-order valence-electron chi connectivity index (χ1n) is 3.79. The highest BCUT2D eigenvalue weighted by Crippen LogP contribution is 1.97. The van der Waals surface area contributed by atoms with Crippen LogP contribution in [0.1, 0.15) is 19.7 Å². The first kappa shape index (κ1) is 9.12. The summed E-state index contributed by atoms with van der Waals surface area (Å²) in [4.78, 5) is 4.20. The molecule has 4 nitrogen and oxygen atoms in total. The first-order valence-corrected chi connectivity index (χ1v) is 4.19. The number of thiocarbonyl (C=S) groups is 1. The lowest BCUT2D eigenvalue weighted by molar-refractivity contribution is 0.482. The van der Waals surface area contributed by atoms with E-state index in [9.17, 15) is 0 Å². The zero-order valence-electron chi connectivity index (χ0n) is 7.19. The summed E-state index contributed by atoms with van der Waals surface area (Å²) < 4.78 is 1.75. The summed E-state index contributed by atoms with van der Waals surface area (Å²) in [6.45, 7) is 5.07. The van der Waals surface area contributed by atoms with E-state index in [4.69, 9.17) is 18.0 Å². The van der Waals surface area contributed by atoms with Gasteiger partial charge in [-0.1, -0.05) is 26.1 Å². The third-order valence-corrected chi connectivity index (χ3v) is 1.49. The lowest BCUT2D eigenvalue weighted by Gasteiger charge is -2.01. The Bertz CT molecular complexity index is 279. The maximum Gasteiger partial charge on any atom is 0.208 e. The van der Waals surface area contributed by atoms with Gasteiger partial charge < -0.3 is 5.73 Å². The predicted octanol–water partition coefficient (Wildman–Crippen LogP) is 0.568. The van der Waals surface area contributed by atoms with E-state index < -0.39 is 0 Å². The number of hydrogen-bond acceptors (Lipinski definition) is 3. The van der Waals surface area contributed by atoms with E-state index in [-0.39, 0.29) is 4.99 Å². The Labute approximate surface area is 76.8 Å². The largest absolute Gasteiger partial charge is 0.387 e. The predicted molar refractivity (Wildman–Crippen MR) is 50.7 cm³/mol. The van der Waals surface area contributed by atoms with Crippen LogP contribution in [0, 0.1) is 5.92 Å². The van der Waals surface area contributed by atoms with Crippen LogP contribution in [0.5, 0.6) is 0 Å². The third kappa shape index (κ3) is 2.27. The maximum atomic E-state index is 5.35. The van der Waals surface area contributed by atoms with Gasteiger partial charge in [0, 0.05) is 6.54 Å². The molecule has 0 amide bonds. The number of rotatable bonds is 3. The second-order valence-corrected chi connectivity index (χ2v) is 3.49. The quantitative estimate of drug-likeness (QED) is 0.698. The van der Waals surface area contributed by atoms with E-state index in [1.165, 1.54) is 0 Å². The SMILES string of the molecule is CC(C)Cn1cnc(C(N)=S)n1. The van der Waals surface area contributed by atoms with Crippen molar-refractivity contribution >= 4 is 17.2 Å². The average molecular weight is 184 g/mol. The summed E-state index contributed by atoms with van der Waals surface area (Å²) >= 11 is 4.73. The molecule has 0 atom stereocenters. The molecule has 0 saturated heterocycles. The first-order chi connectivity index (χ1) is 5.59. The molecule has 0 bridgehead atoms. The fraction of sp³-hybridized carbons (Fsp3) is 0.571. The highest BCUT2D eigenvalue weighted by molar-refractivity contribution is 7.80. The standard InChI is InChI=1S/C7H12N4S/c1-5(2)3-11-4-9-7(10-11)6(8)12/h4-5H,3H2,1-2H3,(H2,8,12). The Morgan fingerprint density at radius 3 is 2.83 bits per heavy atom. The van der Waals surface area contributed by atoms with Crippen LogP contribution in [0.25, 0.3) is 0 Å². The Balaban J connectivity index is 2.71. The third-order valence-electron chi connectivity index (χ3n) is 1.31. The summed E-state index contributed by atoms with van der Waals surface area (Å²) in [5.41, 5.74) is 5.35. The van der Waals surface area contributed by atoms with E-state index in [1.807, 2.05) is 0 Å². The fourth-order valence-corrected chi connectivity index (χ4v) is 0.963. The van der Waals surface area contributed by atoms with Crippen molar-refractivity contribution in [2.45, 2.75) is 20.4 Å². The van der Waals surface area contributed by atoms with Crippen molar-refractivity contribution in [3.63, 3.8) is 0 Å². The summed E-state index contributed by atoms with van der Waals surface area (Å²) in [5.74, 6) is 0.997. The van der Waals surface area contributed by atoms with Gasteiger partial charge in [0.2, 0.25) is 5.82 Å². The van der Waals surface area contributed by atoms with Crippen molar-refractivity contribution < 1.29 is 0 Å². The van der Waals surface area contributed by atoms with Crippen LogP contribution in [-0.4, -0.2) is 19.8 Å². The molecule has 0 aliphatic rings. The minimum absolute atomic E-state index is 0.248. The minimum Gasteiger partial charge on any atom is -0.387 e. The lowest BCUT2D eigenvalue weighted by Crippen LogP contribution is -2.13. The molecule has 1 heterocycles. The molecule has 66 valence electrons. The van der Waals surface area contributed by atoms with Crippen molar-refractivity contribution in [1.29, 1.82) is 0 Å². The molecule has 1 rings (SSSR count). The van der Waals surface area contributed by atoms with Crippen LogP contribution < -0.4 is 5.73 Å². The van der Waals surface area contributed by atoms with Gasteiger partial charge in [0.1, 0.15) is 11.3 Å². The normalized spacial score (nSPS) is 10.6. The summed E-state index contributed by atoms with van der Waals surface area (Å²) in [6, 6.07) is 0.